The Bertz CT molecular complexity index is 540. The van der Waals surface area contributed by atoms with Crippen molar-refractivity contribution in [1.29, 1.82) is 0 Å². The molecule has 2 fully saturated rings. The van der Waals surface area contributed by atoms with Gasteiger partial charge >= 0.3 is 0 Å². The largest absolute Gasteiger partial charge is 0.342 e. The highest BCUT2D eigenvalue weighted by atomic mass is 16.2. The minimum Gasteiger partial charge on any atom is -0.342 e. The number of rotatable bonds is 4. The molecule has 1 aliphatic carbocycles. The van der Waals surface area contributed by atoms with E-state index in [-0.39, 0.29) is 11.4 Å². The Labute approximate surface area is 127 Å². The van der Waals surface area contributed by atoms with Gasteiger partial charge in [-0.2, -0.15) is 0 Å². The number of carbonyl (C=O) groups is 1. The monoisotopic (exact) mass is 286 g/mol. The Morgan fingerprint density at radius 3 is 2.57 bits per heavy atom. The lowest BCUT2D eigenvalue weighted by atomic mass is 9.82. The van der Waals surface area contributed by atoms with E-state index >= 15 is 0 Å². The second-order valence-electron chi connectivity index (χ2n) is 7.36. The van der Waals surface area contributed by atoms with Crippen molar-refractivity contribution < 1.29 is 4.79 Å². The van der Waals surface area contributed by atoms with E-state index in [0.29, 0.717) is 0 Å². The van der Waals surface area contributed by atoms with Crippen LogP contribution in [-0.2, 0) is 16.6 Å². The molecular formula is C18H26N2O. The second kappa shape index (κ2) is 5.13. The maximum Gasteiger partial charge on any atom is 0.232 e. The summed E-state index contributed by atoms with van der Waals surface area (Å²) < 4.78 is 0. The van der Waals surface area contributed by atoms with Gasteiger partial charge in [-0.25, -0.2) is 0 Å². The molecule has 0 atom stereocenters. The molecule has 1 aromatic rings. The van der Waals surface area contributed by atoms with Gasteiger partial charge in [-0.1, -0.05) is 24.3 Å². The standard InChI is InChI=1S/C18H26N2O/c1-17(2,16(21)20-10-3-4-11-20)15-7-5-6-14(12-15)13-18(19)8-9-18/h5-7,12H,3-4,8-11,13,19H2,1-2H3. The number of hydrogen-bond donors (Lipinski definition) is 1. The van der Waals surface area contributed by atoms with Gasteiger partial charge in [0.25, 0.3) is 0 Å². The SMILES string of the molecule is CC(C)(C(=O)N1CCCC1)c1cccc(CC2(N)CC2)c1. The first kappa shape index (κ1) is 14.6. The van der Waals surface area contributed by atoms with Crippen LogP contribution in [0, 0.1) is 0 Å². The van der Waals surface area contributed by atoms with Crippen molar-refractivity contribution >= 4 is 5.91 Å². The molecule has 1 heterocycles. The number of benzene rings is 1. The zero-order chi connectivity index (χ0) is 15.1. The van der Waals surface area contributed by atoms with Crippen molar-refractivity contribution in [3.8, 4) is 0 Å². The van der Waals surface area contributed by atoms with Crippen LogP contribution in [0.15, 0.2) is 24.3 Å². The molecule has 2 aliphatic rings. The van der Waals surface area contributed by atoms with Gasteiger partial charge in [0.05, 0.1) is 5.41 Å². The van der Waals surface area contributed by atoms with Gasteiger partial charge in [-0.3, -0.25) is 4.79 Å². The molecular weight excluding hydrogens is 260 g/mol. The summed E-state index contributed by atoms with van der Waals surface area (Å²) in [6.07, 6.45) is 5.44. The smallest absolute Gasteiger partial charge is 0.232 e. The Morgan fingerprint density at radius 1 is 1.29 bits per heavy atom. The van der Waals surface area contributed by atoms with Crippen LogP contribution in [0.2, 0.25) is 0 Å². The molecule has 0 unspecified atom stereocenters. The van der Waals surface area contributed by atoms with E-state index in [1.807, 2.05) is 18.7 Å². The molecule has 3 rings (SSSR count). The lowest BCUT2D eigenvalue weighted by Gasteiger charge is -2.30. The summed E-state index contributed by atoms with van der Waals surface area (Å²) in [6, 6.07) is 8.46. The van der Waals surface area contributed by atoms with Gasteiger partial charge in [-0.15, -0.1) is 0 Å². The average Bonchev–Trinajstić information content (AvgIpc) is 2.96. The van der Waals surface area contributed by atoms with Crippen molar-refractivity contribution in [3.05, 3.63) is 35.4 Å². The predicted octanol–water partition coefficient (Wildman–Crippen LogP) is 2.62. The Hall–Kier alpha value is -1.35. The van der Waals surface area contributed by atoms with E-state index in [1.165, 1.54) is 5.56 Å². The van der Waals surface area contributed by atoms with Crippen molar-refractivity contribution in [3.63, 3.8) is 0 Å². The third-order valence-electron chi connectivity index (χ3n) is 5.03. The first-order valence-corrected chi connectivity index (χ1v) is 8.08. The molecule has 0 radical (unpaired) electrons. The summed E-state index contributed by atoms with van der Waals surface area (Å²) in [5, 5.41) is 0. The molecule has 1 saturated carbocycles. The molecule has 3 heteroatoms. The third-order valence-corrected chi connectivity index (χ3v) is 5.03. The molecule has 1 saturated heterocycles. The number of hydrogen-bond acceptors (Lipinski definition) is 2. The maximum atomic E-state index is 12.8. The summed E-state index contributed by atoms with van der Waals surface area (Å²) in [5.41, 5.74) is 8.16. The minimum atomic E-state index is -0.453. The van der Waals surface area contributed by atoms with Crippen LogP contribution in [-0.4, -0.2) is 29.4 Å². The Kier molecular flexibility index (Phi) is 3.56. The molecule has 0 spiro atoms. The summed E-state index contributed by atoms with van der Waals surface area (Å²) in [5.74, 6) is 0.256. The Balaban J connectivity index is 1.80. The number of amides is 1. The lowest BCUT2D eigenvalue weighted by molar-refractivity contribution is -0.135. The van der Waals surface area contributed by atoms with E-state index in [9.17, 15) is 4.79 Å². The molecule has 2 N–H and O–H groups in total. The van der Waals surface area contributed by atoms with Crippen molar-refractivity contribution in [2.24, 2.45) is 5.73 Å². The quantitative estimate of drug-likeness (QED) is 0.925. The Morgan fingerprint density at radius 2 is 1.95 bits per heavy atom. The summed E-state index contributed by atoms with van der Waals surface area (Å²) in [6.45, 7) is 5.91. The van der Waals surface area contributed by atoms with Gasteiger partial charge in [0.15, 0.2) is 0 Å². The van der Waals surface area contributed by atoms with Gasteiger partial charge in [0.1, 0.15) is 0 Å². The zero-order valence-electron chi connectivity index (χ0n) is 13.2. The maximum absolute atomic E-state index is 12.8. The predicted molar refractivity (Wildman–Crippen MR) is 85.1 cm³/mol. The number of carbonyl (C=O) groups excluding carboxylic acids is 1. The summed E-state index contributed by atoms with van der Waals surface area (Å²) in [7, 11) is 0. The average molecular weight is 286 g/mol. The lowest BCUT2D eigenvalue weighted by Crippen LogP contribution is -2.42. The normalized spacial score (nSPS) is 20.6. The fraction of sp³-hybridized carbons (Fsp3) is 0.611. The van der Waals surface area contributed by atoms with Crippen molar-refractivity contribution in [2.75, 3.05) is 13.1 Å². The van der Waals surface area contributed by atoms with Crippen LogP contribution in [0.3, 0.4) is 0 Å². The molecule has 1 aliphatic heterocycles. The first-order chi connectivity index (χ1) is 9.91. The molecule has 1 aromatic carbocycles. The minimum absolute atomic E-state index is 0.0156. The highest BCUT2D eigenvalue weighted by molar-refractivity contribution is 5.87. The van der Waals surface area contributed by atoms with Crippen LogP contribution >= 0.6 is 0 Å². The molecule has 0 bridgehead atoms. The first-order valence-electron chi connectivity index (χ1n) is 8.08. The van der Waals surface area contributed by atoms with Gasteiger partial charge in [-0.05, 0) is 57.1 Å². The van der Waals surface area contributed by atoms with Crippen LogP contribution in [0.5, 0.6) is 0 Å². The molecule has 0 aromatic heterocycles. The van der Waals surface area contributed by atoms with Crippen molar-refractivity contribution in [1.82, 2.24) is 4.90 Å². The van der Waals surface area contributed by atoms with E-state index < -0.39 is 5.41 Å². The van der Waals surface area contributed by atoms with Gasteiger partial charge in [0.2, 0.25) is 5.91 Å². The molecule has 21 heavy (non-hydrogen) atoms. The third kappa shape index (κ3) is 2.98. The second-order valence-corrected chi connectivity index (χ2v) is 7.36. The fourth-order valence-electron chi connectivity index (χ4n) is 3.25. The van der Waals surface area contributed by atoms with Gasteiger partial charge in [0, 0.05) is 18.6 Å². The topological polar surface area (TPSA) is 46.3 Å². The number of nitrogens with zero attached hydrogens (tertiary/aromatic N) is 1. The highest BCUT2D eigenvalue weighted by Crippen LogP contribution is 2.36. The van der Waals surface area contributed by atoms with Crippen LogP contribution in [0.1, 0.15) is 50.7 Å². The number of nitrogens with two attached hydrogens (primary N) is 1. The van der Waals surface area contributed by atoms with E-state index in [1.54, 1.807) is 0 Å². The molecule has 3 nitrogen and oxygen atoms in total. The summed E-state index contributed by atoms with van der Waals surface area (Å²) >= 11 is 0. The van der Waals surface area contributed by atoms with Gasteiger partial charge < -0.3 is 10.6 Å². The molecule has 114 valence electrons. The number of likely N-dealkylation sites (tertiary alicyclic amines) is 1. The molecule has 1 amide bonds. The highest BCUT2D eigenvalue weighted by Gasteiger charge is 2.39. The van der Waals surface area contributed by atoms with E-state index in [2.05, 4.69) is 24.3 Å². The van der Waals surface area contributed by atoms with Crippen LogP contribution in [0.4, 0.5) is 0 Å². The van der Waals surface area contributed by atoms with Crippen molar-refractivity contribution in [2.45, 2.75) is 56.9 Å². The fourth-order valence-corrected chi connectivity index (χ4v) is 3.25. The van der Waals surface area contributed by atoms with E-state index in [4.69, 9.17) is 5.73 Å². The summed E-state index contributed by atoms with van der Waals surface area (Å²) in [4.78, 5) is 14.8. The van der Waals surface area contributed by atoms with Crippen LogP contribution in [0.25, 0.3) is 0 Å². The zero-order valence-corrected chi connectivity index (χ0v) is 13.2. The van der Waals surface area contributed by atoms with Crippen LogP contribution < -0.4 is 5.73 Å². The van der Waals surface area contributed by atoms with E-state index in [0.717, 1.165) is 50.8 Å².